The van der Waals surface area contributed by atoms with Gasteiger partial charge in [0.15, 0.2) is 0 Å². The highest BCUT2D eigenvalue weighted by molar-refractivity contribution is 5.81. The Labute approximate surface area is 132 Å². The van der Waals surface area contributed by atoms with E-state index in [4.69, 9.17) is 4.74 Å². The van der Waals surface area contributed by atoms with E-state index in [2.05, 4.69) is 0 Å². The van der Waals surface area contributed by atoms with Crippen LogP contribution in [0.15, 0.2) is 18.2 Å². The van der Waals surface area contributed by atoms with Crippen molar-refractivity contribution < 1.29 is 18.8 Å². The molecule has 1 aromatic carbocycles. The van der Waals surface area contributed by atoms with Gasteiger partial charge in [0, 0.05) is 32.8 Å². The number of nitrogens with zero attached hydrogens (tertiary/aromatic N) is 3. The fourth-order valence-electron chi connectivity index (χ4n) is 3.05. The molecule has 1 unspecified atom stereocenters. The highest BCUT2D eigenvalue weighted by Gasteiger charge is 2.31. The van der Waals surface area contributed by atoms with Crippen molar-refractivity contribution in [3.63, 3.8) is 0 Å². The van der Waals surface area contributed by atoms with E-state index in [0.29, 0.717) is 38.5 Å². The van der Waals surface area contributed by atoms with Gasteiger partial charge in [-0.05, 0) is 25.0 Å². The number of halogens is 1. The molecule has 1 atom stereocenters. The van der Waals surface area contributed by atoms with Crippen molar-refractivity contribution >= 4 is 17.3 Å². The smallest absolute Gasteiger partial charge is 0.295 e. The second-order valence-electron chi connectivity index (χ2n) is 5.70. The lowest BCUT2D eigenvalue weighted by Crippen LogP contribution is -2.51. The molecule has 3 rings (SSSR count). The summed E-state index contributed by atoms with van der Waals surface area (Å²) < 4.78 is 18.6. The lowest BCUT2D eigenvalue weighted by Gasteiger charge is -2.36. The highest BCUT2D eigenvalue weighted by Crippen LogP contribution is 2.29. The SMILES string of the molecule is O=C(C1CCCO1)N1CCN(c2ccc(F)cc2[N+](=O)[O-])CC1. The largest absolute Gasteiger partial charge is 0.368 e. The fourth-order valence-corrected chi connectivity index (χ4v) is 3.05. The minimum absolute atomic E-state index is 0.00393. The van der Waals surface area contributed by atoms with E-state index < -0.39 is 10.7 Å². The molecule has 2 heterocycles. The normalized spacial score (nSPS) is 21.5. The van der Waals surface area contributed by atoms with Crippen LogP contribution in [0.5, 0.6) is 0 Å². The minimum Gasteiger partial charge on any atom is -0.368 e. The van der Waals surface area contributed by atoms with Crippen molar-refractivity contribution in [2.75, 3.05) is 37.7 Å². The third-order valence-electron chi connectivity index (χ3n) is 4.27. The molecule has 0 saturated carbocycles. The van der Waals surface area contributed by atoms with E-state index in [1.165, 1.54) is 12.1 Å². The Bertz CT molecular complexity index is 611. The molecule has 1 aromatic rings. The first-order valence-corrected chi connectivity index (χ1v) is 7.65. The third kappa shape index (κ3) is 3.26. The lowest BCUT2D eigenvalue weighted by atomic mass is 10.1. The Kier molecular flexibility index (Phi) is 4.42. The summed E-state index contributed by atoms with van der Waals surface area (Å²) in [5.74, 6) is -0.636. The predicted molar refractivity (Wildman–Crippen MR) is 80.8 cm³/mol. The Morgan fingerprint density at radius 2 is 2.04 bits per heavy atom. The summed E-state index contributed by atoms with van der Waals surface area (Å²) in [6.07, 6.45) is 1.31. The molecule has 1 amide bonds. The van der Waals surface area contributed by atoms with Crippen LogP contribution in [0.3, 0.4) is 0 Å². The van der Waals surface area contributed by atoms with Crippen LogP contribution in [-0.4, -0.2) is 54.6 Å². The number of benzene rings is 1. The number of hydrogen-bond acceptors (Lipinski definition) is 5. The van der Waals surface area contributed by atoms with E-state index in [-0.39, 0.29) is 17.7 Å². The van der Waals surface area contributed by atoms with Gasteiger partial charge >= 0.3 is 0 Å². The summed E-state index contributed by atoms with van der Waals surface area (Å²) in [6, 6.07) is 3.57. The Morgan fingerprint density at radius 1 is 1.30 bits per heavy atom. The number of ether oxygens (including phenoxy) is 1. The van der Waals surface area contributed by atoms with Crippen molar-refractivity contribution in [2.45, 2.75) is 18.9 Å². The molecule has 8 heteroatoms. The zero-order chi connectivity index (χ0) is 16.4. The van der Waals surface area contributed by atoms with Crippen LogP contribution in [0.2, 0.25) is 0 Å². The first-order chi connectivity index (χ1) is 11.1. The number of nitro groups is 1. The van der Waals surface area contributed by atoms with Crippen molar-refractivity contribution in [3.05, 3.63) is 34.1 Å². The molecule has 124 valence electrons. The zero-order valence-electron chi connectivity index (χ0n) is 12.6. The summed E-state index contributed by atoms with van der Waals surface area (Å²) >= 11 is 0. The molecular weight excluding hydrogens is 305 g/mol. The molecule has 2 saturated heterocycles. The van der Waals surface area contributed by atoms with Gasteiger partial charge in [-0.15, -0.1) is 0 Å². The number of anilines is 1. The fraction of sp³-hybridized carbons (Fsp3) is 0.533. The van der Waals surface area contributed by atoms with E-state index in [1.54, 1.807) is 4.90 Å². The van der Waals surface area contributed by atoms with Crippen LogP contribution in [0.1, 0.15) is 12.8 Å². The standard InChI is InChI=1S/C15H18FN3O4/c16-11-3-4-12(13(10-11)19(21)22)17-5-7-18(8-6-17)15(20)14-2-1-9-23-14/h3-4,10,14H,1-2,5-9H2. The molecule has 2 aliphatic heterocycles. The first-order valence-electron chi connectivity index (χ1n) is 7.65. The number of nitro benzene ring substituents is 1. The summed E-state index contributed by atoms with van der Waals surface area (Å²) in [5, 5.41) is 11.1. The third-order valence-corrected chi connectivity index (χ3v) is 4.27. The number of piperazine rings is 1. The van der Waals surface area contributed by atoms with Crippen molar-refractivity contribution in [3.8, 4) is 0 Å². The van der Waals surface area contributed by atoms with Crippen LogP contribution in [0.25, 0.3) is 0 Å². The van der Waals surface area contributed by atoms with Gasteiger partial charge in [0.05, 0.1) is 11.0 Å². The average Bonchev–Trinajstić information content (AvgIpc) is 3.09. The number of carbonyl (C=O) groups is 1. The molecule has 0 aliphatic carbocycles. The molecule has 2 fully saturated rings. The summed E-state index contributed by atoms with van der Waals surface area (Å²) in [4.78, 5) is 26.4. The molecule has 0 radical (unpaired) electrons. The summed E-state index contributed by atoms with van der Waals surface area (Å²) in [7, 11) is 0. The Morgan fingerprint density at radius 3 is 2.65 bits per heavy atom. The molecular formula is C15H18FN3O4. The van der Waals surface area contributed by atoms with E-state index >= 15 is 0 Å². The van der Waals surface area contributed by atoms with Gasteiger partial charge in [0.25, 0.3) is 11.6 Å². The second kappa shape index (κ2) is 6.49. The van der Waals surface area contributed by atoms with Crippen LogP contribution >= 0.6 is 0 Å². The average molecular weight is 323 g/mol. The number of rotatable bonds is 3. The maximum absolute atomic E-state index is 13.2. The topological polar surface area (TPSA) is 75.9 Å². The van der Waals surface area contributed by atoms with Gasteiger partial charge in [-0.2, -0.15) is 0 Å². The maximum Gasteiger partial charge on any atom is 0.295 e. The second-order valence-corrected chi connectivity index (χ2v) is 5.70. The molecule has 0 bridgehead atoms. The van der Waals surface area contributed by atoms with E-state index in [9.17, 15) is 19.3 Å². The van der Waals surface area contributed by atoms with Gasteiger partial charge in [-0.3, -0.25) is 14.9 Å². The van der Waals surface area contributed by atoms with Gasteiger partial charge < -0.3 is 14.5 Å². The zero-order valence-corrected chi connectivity index (χ0v) is 12.6. The number of carbonyl (C=O) groups excluding carboxylic acids is 1. The highest BCUT2D eigenvalue weighted by atomic mass is 19.1. The molecule has 0 aromatic heterocycles. The van der Waals surface area contributed by atoms with Gasteiger partial charge in [0.2, 0.25) is 0 Å². The number of hydrogen-bond donors (Lipinski definition) is 0. The Balaban J connectivity index is 1.67. The first kappa shape index (κ1) is 15.7. The van der Waals surface area contributed by atoms with Crippen molar-refractivity contribution in [2.24, 2.45) is 0 Å². The van der Waals surface area contributed by atoms with Crippen LogP contribution < -0.4 is 4.90 Å². The number of amides is 1. The van der Waals surface area contributed by atoms with Crippen LogP contribution in [-0.2, 0) is 9.53 Å². The summed E-state index contributed by atoms with van der Waals surface area (Å²) in [5.41, 5.74) is 0.143. The van der Waals surface area contributed by atoms with Gasteiger partial charge in [0.1, 0.15) is 17.6 Å². The Hall–Kier alpha value is -2.22. The van der Waals surface area contributed by atoms with E-state index in [1.807, 2.05) is 4.90 Å². The molecule has 2 aliphatic rings. The van der Waals surface area contributed by atoms with Crippen molar-refractivity contribution in [1.29, 1.82) is 0 Å². The van der Waals surface area contributed by atoms with Gasteiger partial charge in [-0.25, -0.2) is 4.39 Å². The van der Waals surface area contributed by atoms with Crippen molar-refractivity contribution in [1.82, 2.24) is 4.90 Å². The molecule has 7 nitrogen and oxygen atoms in total. The predicted octanol–water partition coefficient (Wildman–Crippen LogP) is 1.56. The van der Waals surface area contributed by atoms with Gasteiger partial charge in [-0.1, -0.05) is 0 Å². The van der Waals surface area contributed by atoms with E-state index in [0.717, 1.165) is 18.9 Å². The monoisotopic (exact) mass is 323 g/mol. The molecule has 23 heavy (non-hydrogen) atoms. The summed E-state index contributed by atoms with van der Waals surface area (Å²) in [6.45, 7) is 2.54. The quantitative estimate of drug-likeness (QED) is 0.623. The minimum atomic E-state index is -0.632. The molecule has 0 spiro atoms. The van der Waals surface area contributed by atoms with Crippen LogP contribution in [0.4, 0.5) is 15.8 Å². The lowest BCUT2D eigenvalue weighted by molar-refractivity contribution is -0.384. The molecule has 0 N–H and O–H groups in total. The van der Waals surface area contributed by atoms with Crippen LogP contribution in [0, 0.1) is 15.9 Å². The maximum atomic E-state index is 13.2.